The monoisotopic (exact) mass is 399 g/mol. The zero-order valence-corrected chi connectivity index (χ0v) is 16.0. The summed E-state index contributed by atoms with van der Waals surface area (Å²) in [5.74, 6) is 0.429. The van der Waals surface area contributed by atoms with Gasteiger partial charge >= 0.3 is 5.97 Å². The van der Waals surface area contributed by atoms with Gasteiger partial charge in [-0.2, -0.15) is 0 Å². The van der Waals surface area contributed by atoms with Crippen molar-refractivity contribution in [3.05, 3.63) is 52.5 Å². The number of carbonyl (C=O) groups is 1. The number of ether oxygens (including phenoxy) is 3. The normalized spacial score (nSPS) is 11.1. The van der Waals surface area contributed by atoms with Gasteiger partial charge in [-0.05, 0) is 43.4 Å². The molecule has 0 radical (unpaired) electrons. The lowest BCUT2D eigenvalue weighted by atomic mass is 10.2. The number of halogens is 1. The largest absolute Gasteiger partial charge is 0.497 e. The zero-order chi connectivity index (χ0) is 19.3. The van der Waals surface area contributed by atoms with Crippen molar-refractivity contribution in [1.29, 1.82) is 0 Å². The molecule has 2 aromatic carbocycles. The van der Waals surface area contributed by atoms with E-state index in [9.17, 15) is 13.2 Å². The average Bonchev–Trinajstić information content (AvgIpc) is 2.65. The first kappa shape index (κ1) is 20.0. The van der Waals surface area contributed by atoms with Gasteiger partial charge in [-0.3, -0.25) is 0 Å². The number of nitrogens with one attached hydrogen (secondary N) is 1. The highest BCUT2D eigenvalue weighted by molar-refractivity contribution is 7.89. The fraction of sp³-hybridized carbons (Fsp3) is 0.235. The molecule has 0 saturated carbocycles. The summed E-state index contributed by atoms with van der Waals surface area (Å²) in [7, 11) is 0.482. The van der Waals surface area contributed by atoms with Crippen LogP contribution in [0.3, 0.4) is 0 Å². The number of esters is 1. The van der Waals surface area contributed by atoms with Crippen molar-refractivity contribution >= 4 is 27.6 Å². The molecular weight excluding hydrogens is 382 g/mol. The fourth-order valence-electron chi connectivity index (χ4n) is 2.17. The van der Waals surface area contributed by atoms with Gasteiger partial charge in [0, 0.05) is 5.56 Å². The van der Waals surface area contributed by atoms with E-state index in [0.29, 0.717) is 17.1 Å². The first-order valence-corrected chi connectivity index (χ1v) is 9.29. The molecule has 0 unspecified atom stereocenters. The van der Waals surface area contributed by atoms with E-state index >= 15 is 0 Å². The summed E-state index contributed by atoms with van der Waals surface area (Å²) in [6.07, 6.45) is 0. The number of hydrogen-bond acceptors (Lipinski definition) is 6. The molecule has 140 valence electrons. The van der Waals surface area contributed by atoms with Crippen molar-refractivity contribution in [2.24, 2.45) is 0 Å². The van der Waals surface area contributed by atoms with Crippen LogP contribution < -0.4 is 14.2 Å². The highest BCUT2D eigenvalue weighted by atomic mass is 35.5. The average molecular weight is 400 g/mol. The third-order valence-electron chi connectivity index (χ3n) is 3.57. The Morgan fingerprint density at radius 3 is 2.46 bits per heavy atom. The minimum absolute atomic E-state index is 0.00497. The van der Waals surface area contributed by atoms with Crippen LogP contribution in [0.1, 0.15) is 15.9 Å². The lowest BCUT2D eigenvalue weighted by Crippen LogP contribution is -2.19. The number of sulfonamides is 1. The molecule has 0 atom stereocenters. The second-order valence-corrected chi connectivity index (χ2v) is 7.37. The summed E-state index contributed by atoms with van der Waals surface area (Å²) in [5, 5.41) is 0.00497. The molecular formula is C17H18ClNO6S. The molecule has 26 heavy (non-hydrogen) atoms. The molecule has 0 spiro atoms. The van der Waals surface area contributed by atoms with Crippen LogP contribution in [-0.4, -0.2) is 35.7 Å². The Balaban J connectivity index is 2.23. The SMILES string of the molecule is CNS(=O)(=O)c1cc(C(=O)OCc2cc(OC)ccc2OC)ccc1Cl. The predicted octanol–water partition coefficient (Wildman–Crippen LogP) is 2.62. The van der Waals surface area contributed by atoms with E-state index in [1.165, 1.54) is 39.5 Å². The van der Waals surface area contributed by atoms with Gasteiger partial charge in [0.15, 0.2) is 0 Å². The van der Waals surface area contributed by atoms with Gasteiger partial charge in [0.2, 0.25) is 10.0 Å². The molecule has 2 rings (SSSR count). The Bertz CT molecular complexity index is 913. The molecule has 0 saturated heterocycles. The maximum Gasteiger partial charge on any atom is 0.338 e. The van der Waals surface area contributed by atoms with Crippen LogP contribution in [0.2, 0.25) is 5.02 Å². The van der Waals surface area contributed by atoms with Crippen LogP contribution in [-0.2, 0) is 21.4 Å². The topological polar surface area (TPSA) is 90.9 Å². The van der Waals surface area contributed by atoms with Crippen LogP contribution in [0, 0.1) is 0 Å². The van der Waals surface area contributed by atoms with E-state index in [2.05, 4.69) is 4.72 Å². The van der Waals surface area contributed by atoms with Gasteiger partial charge in [-0.25, -0.2) is 17.9 Å². The van der Waals surface area contributed by atoms with Crippen molar-refractivity contribution in [2.45, 2.75) is 11.5 Å². The molecule has 0 heterocycles. The smallest absolute Gasteiger partial charge is 0.338 e. The molecule has 0 amide bonds. The van der Waals surface area contributed by atoms with Gasteiger partial charge in [-0.15, -0.1) is 0 Å². The van der Waals surface area contributed by atoms with Crippen molar-refractivity contribution in [3.8, 4) is 11.5 Å². The Morgan fingerprint density at radius 1 is 1.12 bits per heavy atom. The van der Waals surface area contributed by atoms with Crippen LogP contribution >= 0.6 is 11.6 Å². The van der Waals surface area contributed by atoms with Gasteiger partial charge in [-0.1, -0.05) is 11.6 Å². The first-order valence-electron chi connectivity index (χ1n) is 7.43. The molecule has 0 bridgehead atoms. The minimum Gasteiger partial charge on any atom is -0.497 e. The molecule has 0 aliphatic rings. The Labute approximate surface area is 156 Å². The second kappa shape index (κ2) is 8.39. The Morgan fingerprint density at radius 2 is 1.85 bits per heavy atom. The molecule has 0 fully saturated rings. The van der Waals surface area contributed by atoms with Crippen LogP contribution in [0.25, 0.3) is 0 Å². The maximum absolute atomic E-state index is 12.3. The van der Waals surface area contributed by atoms with E-state index in [-0.39, 0.29) is 22.1 Å². The van der Waals surface area contributed by atoms with Gasteiger partial charge in [0.05, 0.1) is 24.8 Å². The standard InChI is InChI=1S/C17H18ClNO6S/c1-19-26(21,22)16-9-11(4-6-14(16)18)17(20)25-10-12-8-13(23-2)5-7-15(12)24-3/h4-9,19H,10H2,1-3H3. The van der Waals surface area contributed by atoms with E-state index in [1.54, 1.807) is 18.2 Å². The molecule has 2 aromatic rings. The fourth-order valence-corrected chi connectivity index (χ4v) is 3.42. The van der Waals surface area contributed by atoms with E-state index < -0.39 is 16.0 Å². The Kier molecular flexibility index (Phi) is 6.47. The minimum atomic E-state index is -3.80. The summed E-state index contributed by atoms with van der Waals surface area (Å²) >= 11 is 5.91. The maximum atomic E-state index is 12.3. The molecule has 1 N–H and O–H groups in total. The quantitative estimate of drug-likeness (QED) is 0.720. The second-order valence-electron chi connectivity index (χ2n) is 5.11. The Hall–Kier alpha value is -2.29. The molecule has 0 aromatic heterocycles. The zero-order valence-electron chi connectivity index (χ0n) is 14.4. The number of benzene rings is 2. The number of carbonyl (C=O) groups excluding carboxylic acids is 1. The lowest BCUT2D eigenvalue weighted by Gasteiger charge is -2.12. The summed E-state index contributed by atoms with van der Waals surface area (Å²) in [4.78, 5) is 12.1. The van der Waals surface area contributed by atoms with Crippen LogP contribution in [0.15, 0.2) is 41.3 Å². The number of methoxy groups -OCH3 is 2. The van der Waals surface area contributed by atoms with Crippen molar-refractivity contribution in [3.63, 3.8) is 0 Å². The molecule has 0 aliphatic heterocycles. The molecule has 0 aliphatic carbocycles. The van der Waals surface area contributed by atoms with E-state index in [1.807, 2.05) is 0 Å². The van der Waals surface area contributed by atoms with Crippen molar-refractivity contribution in [1.82, 2.24) is 4.72 Å². The van der Waals surface area contributed by atoms with Gasteiger partial charge in [0.25, 0.3) is 0 Å². The lowest BCUT2D eigenvalue weighted by molar-refractivity contribution is 0.0469. The molecule has 7 nitrogen and oxygen atoms in total. The first-order chi connectivity index (χ1) is 12.3. The van der Waals surface area contributed by atoms with Crippen molar-refractivity contribution < 1.29 is 27.4 Å². The number of rotatable bonds is 7. The van der Waals surface area contributed by atoms with E-state index in [4.69, 9.17) is 25.8 Å². The highest BCUT2D eigenvalue weighted by Gasteiger charge is 2.19. The molecule has 9 heteroatoms. The van der Waals surface area contributed by atoms with E-state index in [0.717, 1.165) is 0 Å². The van der Waals surface area contributed by atoms with Gasteiger partial charge < -0.3 is 14.2 Å². The highest BCUT2D eigenvalue weighted by Crippen LogP contribution is 2.26. The van der Waals surface area contributed by atoms with Crippen molar-refractivity contribution in [2.75, 3.05) is 21.3 Å². The summed E-state index contributed by atoms with van der Waals surface area (Å²) in [6, 6.07) is 8.99. The number of hydrogen-bond donors (Lipinski definition) is 1. The third kappa shape index (κ3) is 4.46. The van der Waals surface area contributed by atoms with Gasteiger partial charge in [0.1, 0.15) is 23.0 Å². The van der Waals surface area contributed by atoms with Crippen LogP contribution in [0.4, 0.5) is 0 Å². The summed E-state index contributed by atoms with van der Waals surface area (Å²) < 4.78 is 41.7. The summed E-state index contributed by atoms with van der Waals surface area (Å²) in [5.41, 5.74) is 0.669. The third-order valence-corrected chi connectivity index (χ3v) is 5.47. The predicted molar refractivity (Wildman–Crippen MR) is 96.4 cm³/mol. The van der Waals surface area contributed by atoms with Crippen LogP contribution in [0.5, 0.6) is 11.5 Å². The summed E-state index contributed by atoms with van der Waals surface area (Å²) in [6.45, 7) is -0.0735.